The van der Waals surface area contributed by atoms with Crippen molar-refractivity contribution in [2.24, 2.45) is 0 Å². The standard InChI is InChI=1S/C20H23N3O6/c1-4-22(13-19(24)21-15-7-6-8-16(12-15)28-3)20(25)14-9-10-18(29-5-2)17(11-14)23(26)27/h6-12H,4-5,13H2,1-3H3,(H,21,24). The van der Waals surface area contributed by atoms with Gasteiger partial charge in [0.05, 0.1) is 18.6 Å². The number of benzene rings is 2. The number of methoxy groups -OCH3 is 1. The summed E-state index contributed by atoms with van der Waals surface area (Å²) in [5, 5.41) is 14.0. The minimum absolute atomic E-state index is 0.0906. The van der Waals surface area contributed by atoms with E-state index in [0.717, 1.165) is 6.07 Å². The fourth-order valence-electron chi connectivity index (χ4n) is 2.66. The van der Waals surface area contributed by atoms with Crippen LogP contribution in [0.2, 0.25) is 0 Å². The number of nitrogens with zero attached hydrogens (tertiary/aromatic N) is 2. The predicted molar refractivity (Wildman–Crippen MR) is 107 cm³/mol. The molecule has 0 radical (unpaired) electrons. The molecule has 0 aromatic heterocycles. The van der Waals surface area contributed by atoms with Crippen molar-refractivity contribution in [2.45, 2.75) is 13.8 Å². The summed E-state index contributed by atoms with van der Waals surface area (Å²) in [6.07, 6.45) is 0. The highest BCUT2D eigenvalue weighted by Gasteiger charge is 2.22. The molecule has 0 saturated heterocycles. The van der Waals surface area contributed by atoms with E-state index >= 15 is 0 Å². The van der Waals surface area contributed by atoms with Crippen LogP contribution in [-0.4, -0.2) is 48.4 Å². The van der Waals surface area contributed by atoms with Crippen LogP contribution in [0.4, 0.5) is 11.4 Å². The fourth-order valence-corrected chi connectivity index (χ4v) is 2.66. The zero-order valence-electron chi connectivity index (χ0n) is 16.5. The molecule has 0 heterocycles. The first-order valence-electron chi connectivity index (χ1n) is 9.04. The predicted octanol–water partition coefficient (Wildman–Crippen LogP) is 3.10. The van der Waals surface area contributed by atoms with Crippen molar-refractivity contribution in [2.75, 3.05) is 32.1 Å². The van der Waals surface area contributed by atoms with Crippen LogP contribution in [0, 0.1) is 10.1 Å². The molecule has 2 aromatic rings. The summed E-state index contributed by atoms with van der Waals surface area (Å²) >= 11 is 0. The Kier molecular flexibility index (Phi) is 7.53. The van der Waals surface area contributed by atoms with Crippen LogP contribution in [0.15, 0.2) is 42.5 Å². The summed E-state index contributed by atoms with van der Waals surface area (Å²) in [5.41, 5.74) is 0.348. The van der Waals surface area contributed by atoms with Gasteiger partial charge in [-0.2, -0.15) is 0 Å². The highest BCUT2D eigenvalue weighted by Crippen LogP contribution is 2.28. The highest BCUT2D eigenvalue weighted by atomic mass is 16.6. The van der Waals surface area contributed by atoms with Gasteiger partial charge in [0.1, 0.15) is 12.3 Å². The largest absolute Gasteiger partial charge is 0.497 e. The van der Waals surface area contributed by atoms with Crippen LogP contribution < -0.4 is 14.8 Å². The summed E-state index contributed by atoms with van der Waals surface area (Å²) in [7, 11) is 1.52. The molecular weight excluding hydrogens is 378 g/mol. The third-order valence-electron chi connectivity index (χ3n) is 4.06. The molecule has 9 nitrogen and oxygen atoms in total. The summed E-state index contributed by atoms with van der Waals surface area (Å²) < 4.78 is 10.3. The molecule has 0 unspecified atom stereocenters. The fraction of sp³-hybridized carbons (Fsp3) is 0.300. The molecule has 1 N–H and O–H groups in total. The number of nitro benzene ring substituents is 1. The number of carbonyl (C=O) groups excluding carboxylic acids is 2. The minimum Gasteiger partial charge on any atom is -0.497 e. The van der Waals surface area contributed by atoms with Crippen LogP contribution in [0.25, 0.3) is 0 Å². The molecule has 9 heteroatoms. The lowest BCUT2D eigenvalue weighted by Crippen LogP contribution is -2.37. The lowest BCUT2D eigenvalue weighted by Gasteiger charge is -2.20. The third-order valence-corrected chi connectivity index (χ3v) is 4.06. The van der Waals surface area contributed by atoms with Gasteiger partial charge >= 0.3 is 5.69 Å². The first-order valence-corrected chi connectivity index (χ1v) is 9.04. The number of nitrogens with one attached hydrogen (secondary N) is 1. The van der Waals surface area contributed by atoms with Crippen LogP contribution in [0.3, 0.4) is 0 Å². The lowest BCUT2D eigenvalue weighted by molar-refractivity contribution is -0.385. The maximum absolute atomic E-state index is 12.8. The second kappa shape index (κ2) is 10.1. The Hall–Kier alpha value is -3.62. The minimum atomic E-state index is -0.604. The maximum atomic E-state index is 12.8. The van der Waals surface area contributed by atoms with Crippen molar-refractivity contribution >= 4 is 23.2 Å². The molecule has 0 aliphatic rings. The number of amides is 2. The average molecular weight is 401 g/mol. The molecule has 0 aliphatic carbocycles. The number of nitro groups is 1. The van der Waals surface area contributed by atoms with Crippen LogP contribution in [0.1, 0.15) is 24.2 Å². The Morgan fingerprint density at radius 1 is 1.17 bits per heavy atom. The molecule has 2 amide bonds. The van der Waals surface area contributed by atoms with Crippen molar-refractivity contribution < 1.29 is 24.0 Å². The van der Waals surface area contributed by atoms with E-state index in [0.29, 0.717) is 11.4 Å². The SMILES string of the molecule is CCOc1ccc(C(=O)N(CC)CC(=O)Nc2cccc(OC)c2)cc1[N+](=O)[O-]. The van der Waals surface area contributed by atoms with Gasteiger partial charge in [-0.3, -0.25) is 19.7 Å². The average Bonchev–Trinajstić information content (AvgIpc) is 2.72. The molecule has 29 heavy (non-hydrogen) atoms. The Morgan fingerprint density at radius 3 is 2.55 bits per heavy atom. The quantitative estimate of drug-likeness (QED) is 0.510. The number of hydrogen-bond acceptors (Lipinski definition) is 6. The van der Waals surface area contributed by atoms with Gasteiger partial charge in [0, 0.05) is 29.9 Å². The molecular formula is C20H23N3O6. The Balaban J connectivity index is 2.14. The summed E-state index contributed by atoms with van der Waals surface area (Å²) in [5.74, 6) is -0.200. The number of ether oxygens (including phenoxy) is 2. The van der Waals surface area contributed by atoms with Gasteiger partial charge < -0.3 is 19.7 Å². The highest BCUT2D eigenvalue weighted by molar-refractivity contribution is 6.00. The number of rotatable bonds is 9. The second-order valence-electron chi connectivity index (χ2n) is 5.97. The molecule has 2 aromatic carbocycles. The van der Waals surface area contributed by atoms with Crippen molar-refractivity contribution in [1.29, 1.82) is 0 Å². The summed E-state index contributed by atoms with van der Waals surface area (Å²) in [6, 6.07) is 10.8. The van der Waals surface area contributed by atoms with Crippen LogP contribution >= 0.6 is 0 Å². The monoisotopic (exact) mass is 401 g/mol. The van der Waals surface area contributed by atoms with Crippen molar-refractivity contribution in [1.82, 2.24) is 4.90 Å². The van der Waals surface area contributed by atoms with Gasteiger partial charge in [0.25, 0.3) is 5.91 Å². The van der Waals surface area contributed by atoms with E-state index in [2.05, 4.69) is 5.32 Å². The molecule has 154 valence electrons. The van der Waals surface area contributed by atoms with Crippen molar-refractivity contribution in [3.05, 3.63) is 58.1 Å². The third kappa shape index (κ3) is 5.68. The van der Waals surface area contributed by atoms with Crippen LogP contribution in [-0.2, 0) is 4.79 Å². The number of hydrogen-bond donors (Lipinski definition) is 1. The summed E-state index contributed by atoms with van der Waals surface area (Å²) in [6.45, 7) is 3.75. The molecule has 0 aliphatic heterocycles. The van der Waals surface area contributed by atoms with Gasteiger partial charge in [-0.1, -0.05) is 6.07 Å². The Morgan fingerprint density at radius 2 is 1.93 bits per heavy atom. The molecule has 0 saturated carbocycles. The molecule has 2 rings (SSSR count). The van der Waals surface area contributed by atoms with Crippen LogP contribution in [0.5, 0.6) is 11.5 Å². The van der Waals surface area contributed by atoms with Crippen molar-refractivity contribution in [3.8, 4) is 11.5 Å². The van der Waals surface area contributed by atoms with Gasteiger partial charge in [-0.05, 0) is 38.1 Å². The van der Waals surface area contributed by atoms with E-state index in [1.165, 1.54) is 24.1 Å². The molecule has 0 atom stereocenters. The van der Waals surface area contributed by atoms with Crippen molar-refractivity contribution in [3.63, 3.8) is 0 Å². The van der Waals surface area contributed by atoms with E-state index in [1.807, 2.05) is 0 Å². The topological polar surface area (TPSA) is 111 Å². The van der Waals surface area contributed by atoms with Gasteiger partial charge in [-0.25, -0.2) is 0 Å². The number of likely N-dealkylation sites (N-methyl/N-ethyl adjacent to an activating group) is 1. The van der Waals surface area contributed by atoms with Gasteiger partial charge in [0.15, 0.2) is 5.75 Å². The van der Waals surface area contributed by atoms with E-state index in [1.54, 1.807) is 38.1 Å². The Bertz CT molecular complexity index is 900. The normalized spacial score (nSPS) is 10.2. The maximum Gasteiger partial charge on any atom is 0.311 e. The number of carbonyl (C=O) groups is 2. The van der Waals surface area contributed by atoms with E-state index in [4.69, 9.17) is 9.47 Å². The molecule has 0 spiro atoms. The zero-order valence-corrected chi connectivity index (χ0v) is 16.5. The lowest BCUT2D eigenvalue weighted by atomic mass is 10.1. The Labute approximate surface area is 168 Å². The van der Waals surface area contributed by atoms with Gasteiger partial charge in [-0.15, -0.1) is 0 Å². The first kappa shape index (κ1) is 21.7. The van der Waals surface area contributed by atoms with E-state index in [-0.39, 0.29) is 36.7 Å². The number of anilines is 1. The smallest absolute Gasteiger partial charge is 0.311 e. The first-order chi connectivity index (χ1) is 13.9. The van der Waals surface area contributed by atoms with E-state index in [9.17, 15) is 19.7 Å². The molecule has 0 bridgehead atoms. The van der Waals surface area contributed by atoms with E-state index < -0.39 is 16.7 Å². The summed E-state index contributed by atoms with van der Waals surface area (Å²) in [4.78, 5) is 37.1. The second-order valence-corrected chi connectivity index (χ2v) is 5.97. The molecule has 0 fully saturated rings. The van der Waals surface area contributed by atoms with Gasteiger partial charge in [0.2, 0.25) is 5.91 Å². The zero-order chi connectivity index (χ0) is 21.4.